The van der Waals surface area contributed by atoms with Crippen molar-refractivity contribution in [2.75, 3.05) is 31.6 Å². The highest BCUT2D eigenvalue weighted by Gasteiger charge is 2.28. The summed E-state index contributed by atoms with van der Waals surface area (Å²) in [5.41, 5.74) is 1.14. The van der Waals surface area contributed by atoms with Gasteiger partial charge < -0.3 is 9.64 Å². The summed E-state index contributed by atoms with van der Waals surface area (Å²) in [6.07, 6.45) is 3.50. The first-order valence-corrected chi connectivity index (χ1v) is 8.23. The van der Waals surface area contributed by atoms with Crippen LogP contribution in [0.15, 0.2) is 5.38 Å². The van der Waals surface area contributed by atoms with E-state index in [0.717, 1.165) is 43.5 Å². The Morgan fingerprint density at radius 3 is 3.15 bits per heavy atom. The first-order chi connectivity index (χ1) is 9.76. The topological polar surface area (TPSA) is 54.5 Å². The summed E-state index contributed by atoms with van der Waals surface area (Å²) in [6, 6.07) is -0.0271. The molecule has 1 saturated heterocycles. The maximum atomic E-state index is 12.2. The summed E-state index contributed by atoms with van der Waals surface area (Å²) in [7, 11) is 0. The number of ether oxygens (including phenoxy) is 1. The number of nitrogens with zero attached hydrogens (tertiary/aromatic N) is 2. The Balaban J connectivity index is 1.48. The fourth-order valence-corrected chi connectivity index (χ4v) is 3.30. The molecule has 0 radical (unpaired) electrons. The van der Waals surface area contributed by atoms with Gasteiger partial charge in [-0.3, -0.25) is 5.32 Å². The highest BCUT2D eigenvalue weighted by molar-refractivity contribution is 7.13. The lowest BCUT2D eigenvalue weighted by Gasteiger charge is -2.16. The molecule has 1 aromatic heterocycles. The number of carbonyl (C=O) groups is 1. The van der Waals surface area contributed by atoms with Crippen LogP contribution in [0.25, 0.3) is 0 Å². The van der Waals surface area contributed by atoms with Crippen molar-refractivity contribution in [3.8, 4) is 0 Å². The number of hydrogen-bond acceptors (Lipinski definition) is 4. The van der Waals surface area contributed by atoms with Crippen LogP contribution >= 0.6 is 11.3 Å². The molecule has 1 N–H and O–H groups in total. The molecule has 0 spiro atoms. The van der Waals surface area contributed by atoms with Crippen molar-refractivity contribution < 1.29 is 9.53 Å². The molecule has 1 unspecified atom stereocenters. The molecule has 1 aromatic rings. The van der Waals surface area contributed by atoms with E-state index in [0.29, 0.717) is 11.8 Å². The van der Waals surface area contributed by atoms with E-state index in [1.807, 2.05) is 11.8 Å². The first-order valence-electron chi connectivity index (χ1n) is 7.35. The molecular weight excluding hydrogens is 274 g/mol. The van der Waals surface area contributed by atoms with Crippen LogP contribution in [-0.4, -0.2) is 42.2 Å². The number of amides is 2. The molecule has 110 valence electrons. The first kappa shape index (κ1) is 13.8. The van der Waals surface area contributed by atoms with Crippen LogP contribution < -0.4 is 5.32 Å². The highest BCUT2D eigenvalue weighted by Crippen LogP contribution is 2.40. The minimum absolute atomic E-state index is 0.0271. The molecule has 2 amide bonds. The van der Waals surface area contributed by atoms with E-state index < -0.39 is 0 Å². The molecule has 1 atom stereocenters. The molecule has 1 aliphatic heterocycles. The van der Waals surface area contributed by atoms with Crippen molar-refractivity contribution >= 4 is 22.5 Å². The quantitative estimate of drug-likeness (QED) is 0.908. The van der Waals surface area contributed by atoms with Gasteiger partial charge in [-0.1, -0.05) is 0 Å². The number of nitrogens with one attached hydrogen (secondary N) is 1. The number of aromatic nitrogens is 1. The van der Waals surface area contributed by atoms with Crippen molar-refractivity contribution in [2.45, 2.75) is 32.1 Å². The lowest BCUT2D eigenvalue weighted by Crippen LogP contribution is -2.33. The molecule has 1 saturated carbocycles. The lowest BCUT2D eigenvalue weighted by atomic mass is 10.1. The summed E-state index contributed by atoms with van der Waals surface area (Å²) in [5, 5.41) is 5.71. The Hall–Kier alpha value is -1.14. The summed E-state index contributed by atoms with van der Waals surface area (Å²) >= 11 is 1.53. The van der Waals surface area contributed by atoms with Crippen LogP contribution in [0.5, 0.6) is 0 Å². The SMILES string of the molecule is CCOCC1CCN(C(=O)Nc2nc(C3CC3)cs2)C1. The van der Waals surface area contributed by atoms with Crippen LogP contribution in [-0.2, 0) is 4.74 Å². The van der Waals surface area contributed by atoms with E-state index in [1.54, 1.807) is 0 Å². The largest absolute Gasteiger partial charge is 0.381 e. The Labute approximate surface area is 123 Å². The number of likely N-dealkylation sites (tertiary alicyclic amines) is 1. The maximum absolute atomic E-state index is 12.2. The molecule has 6 heteroatoms. The summed E-state index contributed by atoms with van der Waals surface area (Å²) in [4.78, 5) is 18.5. The fourth-order valence-electron chi connectivity index (χ4n) is 2.52. The molecule has 1 aliphatic carbocycles. The second-order valence-electron chi connectivity index (χ2n) is 5.54. The van der Waals surface area contributed by atoms with Gasteiger partial charge in [0.15, 0.2) is 5.13 Å². The number of anilines is 1. The summed E-state index contributed by atoms with van der Waals surface area (Å²) < 4.78 is 5.43. The van der Waals surface area contributed by atoms with E-state index in [1.165, 1.54) is 24.2 Å². The van der Waals surface area contributed by atoms with E-state index >= 15 is 0 Å². The molecule has 3 rings (SSSR count). The second-order valence-corrected chi connectivity index (χ2v) is 6.40. The van der Waals surface area contributed by atoms with Crippen LogP contribution in [0.4, 0.5) is 9.93 Å². The smallest absolute Gasteiger partial charge is 0.323 e. The average Bonchev–Trinajstić information content (AvgIpc) is 3.01. The highest BCUT2D eigenvalue weighted by atomic mass is 32.1. The fraction of sp³-hybridized carbons (Fsp3) is 0.714. The van der Waals surface area contributed by atoms with Gasteiger partial charge in [0.05, 0.1) is 12.3 Å². The Bertz CT molecular complexity index is 473. The lowest BCUT2D eigenvalue weighted by molar-refractivity contribution is 0.113. The van der Waals surface area contributed by atoms with Gasteiger partial charge in [0.2, 0.25) is 0 Å². The zero-order valence-corrected chi connectivity index (χ0v) is 12.6. The number of thiazole rings is 1. The molecule has 2 fully saturated rings. The van der Waals surface area contributed by atoms with Crippen LogP contribution in [0.2, 0.25) is 0 Å². The van der Waals surface area contributed by atoms with E-state index in [2.05, 4.69) is 15.7 Å². The van der Waals surface area contributed by atoms with Crippen molar-refractivity contribution in [3.63, 3.8) is 0 Å². The average molecular weight is 295 g/mol. The van der Waals surface area contributed by atoms with Gasteiger partial charge in [-0.25, -0.2) is 9.78 Å². The Morgan fingerprint density at radius 1 is 1.55 bits per heavy atom. The molecule has 2 aliphatic rings. The normalized spacial score (nSPS) is 22.2. The van der Waals surface area contributed by atoms with Gasteiger partial charge in [-0.2, -0.15) is 0 Å². The molecule has 5 nitrogen and oxygen atoms in total. The molecule has 0 aromatic carbocycles. The van der Waals surface area contributed by atoms with Gasteiger partial charge >= 0.3 is 6.03 Å². The molecule has 20 heavy (non-hydrogen) atoms. The summed E-state index contributed by atoms with van der Waals surface area (Å²) in [5.74, 6) is 1.11. The molecule has 0 bridgehead atoms. The van der Waals surface area contributed by atoms with Crippen molar-refractivity contribution in [2.24, 2.45) is 5.92 Å². The van der Waals surface area contributed by atoms with Crippen molar-refractivity contribution in [1.29, 1.82) is 0 Å². The second kappa shape index (κ2) is 6.10. The van der Waals surface area contributed by atoms with Gasteiger partial charge in [0.1, 0.15) is 0 Å². The third kappa shape index (κ3) is 3.30. The van der Waals surface area contributed by atoms with E-state index in [4.69, 9.17) is 4.74 Å². The van der Waals surface area contributed by atoms with Gasteiger partial charge in [-0.05, 0) is 26.2 Å². The Kier molecular flexibility index (Phi) is 4.21. The molecular formula is C14H21N3O2S. The zero-order chi connectivity index (χ0) is 13.9. The number of urea groups is 1. The van der Waals surface area contributed by atoms with Crippen LogP contribution in [0.3, 0.4) is 0 Å². The number of carbonyl (C=O) groups excluding carboxylic acids is 1. The van der Waals surface area contributed by atoms with Gasteiger partial charge in [0.25, 0.3) is 0 Å². The predicted molar refractivity (Wildman–Crippen MR) is 79.3 cm³/mol. The third-order valence-corrected chi connectivity index (χ3v) is 4.64. The minimum Gasteiger partial charge on any atom is -0.381 e. The standard InChI is InChI=1S/C14H21N3O2S/c1-2-19-8-10-5-6-17(7-10)14(18)16-13-15-12(9-20-13)11-3-4-11/h9-11H,2-8H2,1H3,(H,15,16,18). The Morgan fingerprint density at radius 2 is 2.40 bits per heavy atom. The van der Waals surface area contributed by atoms with Gasteiger partial charge in [-0.15, -0.1) is 11.3 Å². The van der Waals surface area contributed by atoms with Crippen LogP contribution in [0.1, 0.15) is 37.8 Å². The third-order valence-electron chi connectivity index (χ3n) is 3.86. The van der Waals surface area contributed by atoms with E-state index in [9.17, 15) is 4.79 Å². The van der Waals surface area contributed by atoms with Crippen LogP contribution in [0, 0.1) is 5.92 Å². The van der Waals surface area contributed by atoms with Crippen molar-refractivity contribution in [3.05, 3.63) is 11.1 Å². The monoisotopic (exact) mass is 295 g/mol. The minimum atomic E-state index is -0.0271. The number of rotatable bonds is 5. The molecule has 2 heterocycles. The summed E-state index contributed by atoms with van der Waals surface area (Å²) in [6.45, 7) is 5.09. The van der Waals surface area contributed by atoms with E-state index in [-0.39, 0.29) is 6.03 Å². The number of hydrogen-bond donors (Lipinski definition) is 1. The predicted octanol–water partition coefficient (Wildman–Crippen LogP) is 2.91. The van der Waals surface area contributed by atoms with Gasteiger partial charge in [0, 0.05) is 36.9 Å². The zero-order valence-electron chi connectivity index (χ0n) is 11.8. The maximum Gasteiger partial charge on any atom is 0.323 e. The van der Waals surface area contributed by atoms with Crippen molar-refractivity contribution in [1.82, 2.24) is 9.88 Å².